The predicted molar refractivity (Wildman–Crippen MR) is 108 cm³/mol. The normalized spacial score (nSPS) is 23.8. The maximum atomic E-state index is 12.7. The Morgan fingerprint density at radius 1 is 1.07 bits per heavy atom. The summed E-state index contributed by atoms with van der Waals surface area (Å²) in [5, 5.41) is 0. The van der Waals surface area contributed by atoms with Gasteiger partial charge >= 0.3 is 5.97 Å². The second kappa shape index (κ2) is 8.42. The van der Waals surface area contributed by atoms with Crippen molar-refractivity contribution in [3.05, 3.63) is 47.5 Å². The first-order valence-corrected chi connectivity index (χ1v) is 10.5. The smallest absolute Gasteiger partial charge is 0.308 e. The van der Waals surface area contributed by atoms with Gasteiger partial charge in [0.1, 0.15) is 0 Å². The summed E-state index contributed by atoms with van der Waals surface area (Å²) in [6, 6.07) is 8.00. The zero-order valence-corrected chi connectivity index (χ0v) is 17.1. The highest BCUT2D eigenvalue weighted by atomic mass is 16.5. The van der Waals surface area contributed by atoms with Crippen LogP contribution in [0.15, 0.2) is 36.4 Å². The number of allylic oxidation sites excluding steroid dienone is 2. The lowest BCUT2D eigenvalue weighted by atomic mass is 9.85. The Bertz CT molecular complexity index is 883. The lowest BCUT2D eigenvalue weighted by Crippen LogP contribution is -2.43. The average molecular weight is 410 g/mol. The topological polar surface area (TPSA) is 84.0 Å². The maximum absolute atomic E-state index is 12.7. The summed E-state index contributed by atoms with van der Waals surface area (Å²) in [7, 11) is 0. The van der Waals surface area contributed by atoms with Crippen LogP contribution in [-0.2, 0) is 36.9 Å². The van der Waals surface area contributed by atoms with Crippen LogP contribution >= 0.6 is 0 Å². The minimum atomic E-state index is -0.903. The van der Waals surface area contributed by atoms with E-state index in [1.807, 2.05) is 30.4 Å². The molecule has 30 heavy (non-hydrogen) atoms. The van der Waals surface area contributed by atoms with E-state index in [4.69, 9.17) is 4.74 Å². The number of likely N-dealkylation sites (tertiary alicyclic amines) is 1. The number of carbonyl (C=O) groups excluding carboxylic acids is 4. The number of hydrogen-bond donors (Lipinski definition) is 0. The van der Waals surface area contributed by atoms with E-state index < -0.39 is 12.1 Å². The van der Waals surface area contributed by atoms with Gasteiger partial charge in [0.25, 0.3) is 5.91 Å². The molecule has 3 atom stereocenters. The monoisotopic (exact) mass is 410 g/mol. The molecule has 1 aromatic carbocycles. The van der Waals surface area contributed by atoms with Gasteiger partial charge in [0, 0.05) is 19.6 Å². The van der Waals surface area contributed by atoms with Gasteiger partial charge in [0.15, 0.2) is 6.10 Å². The van der Waals surface area contributed by atoms with E-state index in [2.05, 4.69) is 6.07 Å². The first kappa shape index (κ1) is 20.3. The Kier molecular flexibility index (Phi) is 5.70. The van der Waals surface area contributed by atoms with Gasteiger partial charge in [-0.15, -0.1) is 0 Å². The van der Waals surface area contributed by atoms with E-state index in [1.165, 1.54) is 10.5 Å². The van der Waals surface area contributed by atoms with Crippen LogP contribution in [0.2, 0.25) is 0 Å². The molecule has 1 fully saturated rings. The van der Waals surface area contributed by atoms with Crippen molar-refractivity contribution >= 4 is 23.7 Å². The van der Waals surface area contributed by atoms with E-state index in [0.717, 1.165) is 12.0 Å². The van der Waals surface area contributed by atoms with Crippen molar-refractivity contribution in [2.24, 2.45) is 11.8 Å². The number of ether oxygens (including phenoxy) is 1. The molecule has 2 aliphatic heterocycles. The van der Waals surface area contributed by atoms with Gasteiger partial charge in [-0.2, -0.15) is 0 Å². The molecule has 1 aromatic rings. The van der Waals surface area contributed by atoms with Crippen LogP contribution < -0.4 is 0 Å². The molecule has 1 aliphatic carbocycles. The first-order valence-electron chi connectivity index (χ1n) is 10.5. The number of amides is 3. The van der Waals surface area contributed by atoms with Crippen molar-refractivity contribution in [2.75, 3.05) is 13.1 Å². The molecular formula is C23H26N2O5. The molecule has 3 amide bonds. The van der Waals surface area contributed by atoms with Crippen LogP contribution in [0.1, 0.15) is 37.3 Å². The van der Waals surface area contributed by atoms with Crippen LogP contribution in [0, 0.1) is 11.8 Å². The number of fused-ring (bicyclic) bond motifs is 2. The standard InChI is InChI=1S/C23H26N2O5/c1-15(21(27)24-12-10-16-6-2-3-7-17(16)14-24)30-20(26)11-13-25-22(28)18-8-4-5-9-19(18)23(25)29/h2-7,15,18-19H,8-14H2,1H3. The van der Waals surface area contributed by atoms with Crippen molar-refractivity contribution in [3.63, 3.8) is 0 Å². The van der Waals surface area contributed by atoms with Crippen LogP contribution in [-0.4, -0.2) is 52.7 Å². The number of nitrogens with zero attached hydrogens (tertiary/aromatic N) is 2. The lowest BCUT2D eigenvalue weighted by molar-refractivity contribution is -0.160. The maximum Gasteiger partial charge on any atom is 0.308 e. The highest BCUT2D eigenvalue weighted by Crippen LogP contribution is 2.35. The number of benzene rings is 1. The van der Waals surface area contributed by atoms with Gasteiger partial charge in [0.2, 0.25) is 11.8 Å². The van der Waals surface area contributed by atoms with Gasteiger partial charge in [-0.1, -0.05) is 36.4 Å². The number of rotatable bonds is 5. The fourth-order valence-corrected chi connectivity index (χ4v) is 4.54. The zero-order chi connectivity index (χ0) is 21.3. The van der Waals surface area contributed by atoms with Crippen molar-refractivity contribution in [3.8, 4) is 0 Å². The van der Waals surface area contributed by atoms with Gasteiger partial charge in [-0.05, 0) is 37.3 Å². The SMILES string of the molecule is CC(OC(=O)CCN1C(=O)C2CC=CCC2C1=O)C(=O)N1CCc2ccccc2C1. The first-order chi connectivity index (χ1) is 14.5. The molecule has 0 saturated carbocycles. The molecular weight excluding hydrogens is 384 g/mol. The van der Waals surface area contributed by atoms with E-state index in [-0.39, 0.29) is 42.5 Å². The fourth-order valence-electron chi connectivity index (χ4n) is 4.54. The van der Waals surface area contributed by atoms with Crippen molar-refractivity contribution in [2.45, 2.75) is 45.3 Å². The predicted octanol–water partition coefficient (Wildman–Crippen LogP) is 1.84. The van der Waals surface area contributed by atoms with Crippen molar-refractivity contribution < 1.29 is 23.9 Å². The molecule has 0 N–H and O–H groups in total. The van der Waals surface area contributed by atoms with E-state index >= 15 is 0 Å². The highest BCUT2D eigenvalue weighted by Gasteiger charge is 2.47. The van der Waals surface area contributed by atoms with Crippen LogP contribution in [0.25, 0.3) is 0 Å². The third kappa shape index (κ3) is 3.88. The Balaban J connectivity index is 1.27. The second-order valence-electron chi connectivity index (χ2n) is 8.14. The van der Waals surface area contributed by atoms with Crippen LogP contribution in [0.4, 0.5) is 0 Å². The molecule has 0 bridgehead atoms. The van der Waals surface area contributed by atoms with Gasteiger partial charge in [-0.25, -0.2) is 0 Å². The largest absolute Gasteiger partial charge is 0.452 e. The number of imide groups is 1. The summed E-state index contributed by atoms with van der Waals surface area (Å²) in [5.74, 6) is -1.84. The summed E-state index contributed by atoms with van der Waals surface area (Å²) < 4.78 is 5.31. The highest BCUT2D eigenvalue weighted by molar-refractivity contribution is 6.05. The summed E-state index contributed by atoms with van der Waals surface area (Å²) in [6.07, 6.45) is 4.76. The van der Waals surface area contributed by atoms with E-state index in [0.29, 0.717) is 25.9 Å². The third-order valence-electron chi connectivity index (χ3n) is 6.24. The Hall–Kier alpha value is -2.96. The van der Waals surface area contributed by atoms with E-state index in [1.54, 1.807) is 11.8 Å². The average Bonchev–Trinajstić information content (AvgIpc) is 3.01. The summed E-state index contributed by atoms with van der Waals surface area (Å²) in [5.41, 5.74) is 2.35. The molecule has 0 aromatic heterocycles. The summed E-state index contributed by atoms with van der Waals surface area (Å²) >= 11 is 0. The molecule has 7 nitrogen and oxygen atoms in total. The number of esters is 1. The molecule has 4 rings (SSSR count). The summed E-state index contributed by atoms with van der Waals surface area (Å²) in [6.45, 7) is 2.66. The molecule has 3 aliphatic rings. The third-order valence-corrected chi connectivity index (χ3v) is 6.24. The molecule has 158 valence electrons. The Labute approximate surface area is 175 Å². The zero-order valence-electron chi connectivity index (χ0n) is 17.1. The molecule has 7 heteroatoms. The van der Waals surface area contributed by atoms with Gasteiger partial charge in [-0.3, -0.25) is 24.1 Å². The quantitative estimate of drug-likeness (QED) is 0.420. The molecule has 0 radical (unpaired) electrons. The minimum Gasteiger partial charge on any atom is -0.452 e. The Morgan fingerprint density at radius 2 is 1.70 bits per heavy atom. The van der Waals surface area contributed by atoms with Crippen molar-refractivity contribution in [1.82, 2.24) is 9.80 Å². The molecule has 3 unspecified atom stereocenters. The fraction of sp³-hybridized carbons (Fsp3) is 0.478. The van der Waals surface area contributed by atoms with Crippen LogP contribution in [0.3, 0.4) is 0 Å². The lowest BCUT2D eigenvalue weighted by Gasteiger charge is -2.30. The number of carbonyl (C=O) groups is 4. The summed E-state index contributed by atoms with van der Waals surface area (Å²) in [4.78, 5) is 52.8. The van der Waals surface area contributed by atoms with Crippen LogP contribution in [0.5, 0.6) is 0 Å². The number of hydrogen-bond acceptors (Lipinski definition) is 5. The molecule has 2 heterocycles. The Morgan fingerprint density at radius 3 is 2.37 bits per heavy atom. The second-order valence-corrected chi connectivity index (χ2v) is 8.14. The minimum absolute atomic E-state index is 0.00149. The van der Waals surface area contributed by atoms with Gasteiger partial charge < -0.3 is 9.64 Å². The molecule has 1 saturated heterocycles. The van der Waals surface area contributed by atoms with Gasteiger partial charge in [0.05, 0.1) is 18.3 Å². The van der Waals surface area contributed by atoms with Crippen molar-refractivity contribution in [1.29, 1.82) is 0 Å². The molecule has 0 spiro atoms. The van der Waals surface area contributed by atoms with E-state index in [9.17, 15) is 19.2 Å².